The van der Waals surface area contributed by atoms with Gasteiger partial charge in [-0.05, 0) is 29.2 Å². The van der Waals surface area contributed by atoms with Crippen LogP contribution < -0.4 is 4.74 Å². The normalized spacial score (nSPS) is 12.6. The number of pyridine rings is 1. The third kappa shape index (κ3) is 2.80. The zero-order valence-corrected chi connectivity index (χ0v) is 13.5. The molecule has 23 heavy (non-hydrogen) atoms. The highest BCUT2D eigenvalue weighted by Crippen LogP contribution is 2.29. The number of hydrogen-bond donors (Lipinski definition) is 0. The van der Waals surface area contributed by atoms with Crippen LogP contribution in [0.4, 0.5) is 0 Å². The van der Waals surface area contributed by atoms with E-state index >= 15 is 0 Å². The molecule has 0 aliphatic heterocycles. The number of nitrogens with zero attached hydrogens (tertiary/aromatic N) is 3. The van der Waals surface area contributed by atoms with Crippen LogP contribution in [-0.4, -0.2) is 22.1 Å². The summed E-state index contributed by atoms with van der Waals surface area (Å²) < 4.78 is 5.15. The van der Waals surface area contributed by atoms with E-state index in [9.17, 15) is 0 Å². The number of hydrogen-bond acceptors (Lipinski definition) is 5. The molecule has 0 N–H and O–H groups in total. The zero-order valence-electron chi connectivity index (χ0n) is 12.7. The predicted octanol–water partition coefficient (Wildman–Crippen LogP) is 3.90. The molecule has 1 aromatic carbocycles. The van der Waals surface area contributed by atoms with Gasteiger partial charge in [0.2, 0.25) is 5.88 Å². The van der Waals surface area contributed by atoms with Gasteiger partial charge in [-0.15, -0.1) is 11.8 Å². The van der Waals surface area contributed by atoms with Gasteiger partial charge in [-0.25, -0.2) is 9.97 Å². The summed E-state index contributed by atoms with van der Waals surface area (Å²) in [5.74, 6) is 1.44. The summed E-state index contributed by atoms with van der Waals surface area (Å²) in [6.07, 6.45) is 7.01. The van der Waals surface area contributed by atoms with Crippen LogP contribution in [0.3, 0.4) is 0 Å². The summed E-state index contributed by atoms with van der Waals surface area (Å²) in [4.78, 5) is 13.0. The van der Waals surface area contributed by atoms with Gasteiger partial charge in [0.15, 0.2) is 5.65 Å². The topological polar surface area (TPSA) is 47.9 Å². The van der Waals surface area contributed by atoms with Crippen LogP contribution in [0.15, 0.2) is 47.8 Å². The van der Waals surface area contributed by atoms with Crippen LogP contribution in [0.2, 0.25) is 0 Å². The minimum Gasteiger partial charge on any atom is -0.481 e. The van der Waals surface area contributed by atoms with Crippen molar-refractivity contribution in [3.63, 3.8) is 0 Å². The first kappa shape index (κ1) is 14.2. The molecule has 5 heteroatoms. The Hall–Kier alpha value is -2.40. The maximum atomic E-state index is 5.15. The van der Waals surface area contributed by atoms with E-state index in [1.807, 2.05) is 12.1 Å². The summed E-state index contributed by atoms with van der Waals surface area (Å²) in [6.45, 7) is 0. The lowest BCUT2D eigenvalue weighted by Crippen LogP contribution is -1.93. The van der Waals surface area contributed by atoms with Crippen LogP contribution in [0.25, 0.3) is 17.1 Å². The second-order valence-corrected chi connectivity index (χ2v) is 6.30. The van der Waals surface area contributed by atoms with Gasteiger partial charge in [-0.3, -0.25) is 0 Å². The highest BCUT2D eigenvalue weighted by Gasteiger charge is 2.09. The molecule has 2 aromatic heterocycles. The molecular formula is C18H15N3OS. The van der Waals surface area contributed by atoms with Crippen LogP contribution in [0.5, 0.6) is 5.88 Å². The van der Waals surface area contributed by atoms with E-state index in [0.29, 0.717) is 11.5 Å². The number of allylic oxidation sites excluding steroid dienone is 1. The molecule has 0 spiro atoms. The first-order chi connectivity index (χ1) is 11.3. The lowest BCUT2D eigenvalue weighted by molar-refractivity contribution is 0.399. The van der Waals surface area contributed by atoms with Crippen LogP contribution in [-0.2, 0) is 12.2 Å². The summed E-state index contributed by atoms with van der Waals surface area (Å²) in [5, 5.41) is 1.90. The highest BCUT2D eigenvalue weighted by atomic mass is 32.2. The largest absolute Gasteiger partial charge is 0.481 e. The maximum absolute atomic E-state index is 5.15. The van der Waals surface area contributed by atoms with E-state index in [1.54, 1.807) is 25.2 Å². The van der Waals surface area contributed by atoms with Crippen LogP contribution in [0, 0.1) is 0 Å². The molecular weight excluding hydrogens is 306 g/mol. The first-order valence-corrected chi connectivity index (χ1v) is 8.39. The van der Waals surface area contributed by atoms with Gasteiger partial charge >= 0.3 is 0 Å². The molecule has 0 unspecified atom stereocenters. The average Bonchev–Trinajstić information content (AvgIpc) is 3.07. The molecule has 0 radical (unpaired) electrons. The van der Waals surface area contributed by atoms with E-state index in [1.165, 1.54) is 16.7 Å². The third-order valence-corrected chi connectivity index (χ3v) is 4.94. The number of rotatable bonds is 4. The second-order valence-electron chi connectivity index (χ2n) is 5.33. The van der Waals surface area contributed by atoms with Crippen LogP contribution >= 0.6 is 11.8 Å². The number of fused-ring (bicyclic) bond motifs is 2. The molecule has 0 fully saturated rings. The number of aromatic nitrogens is 3. The van der Waals surface area contributed by atoms with Crippen molar-refractivity contribution in [3.8, 4) is 5.88 Å². The van der Waals surface area contributed by atoms with Crippen molar-refractivity contribution in [2.45, 2.75) is 17.2 Å². The molecule has 1 aliphatic carbocycles. The minimum atomic E-state index is 0.567. The van der Waals surface area contributed by atoms with Crippen molar-refractivity contribution in [3.05, 3.63) is 59.4 Å². The molecule has 4 nitrogen and oxygen atoms in total. The summed E-state index contributed by atoms with van der Waals surface area (Å²) >= 11 is 1.71. The molecule has 0 saturated carbocycles. The van der Waals surface area contributed by atoms with Gasteiger partial charge in [-0.1, -0.05) is 30.4 Å². The van der Waals surface area contributed by atoms with Gasteiger partial charge in [0, 0.05) is 11.8 Å². The van der Waals surface area contributed by atoms with Gasteiger partial charge in [0.25, 0.3) is 0 Å². The van der Waals surface area contributed by atoms with Gasteiger partial charge < -0.3 is 4.74 Å². The SMILES string of the molecule is COc1ccc2c(SCc3ccc4c(c3)C=CC4)ncnc2n1. The molecule has 0 saturated heterocycles. The quantitative estimate of drug-likeness (QED) is 0.539. The summed E-state index contributed by atoms with van der Waals surface area (Å²) in [6, 6.07) is 10.5. The standard InChI is InChI=1S/C18H15N3OS/c1-22-16-8-7-15-17(21-16)19-11-20-18(15)23-10-12-5-6-13-3-2-4-14(13)9-12/h2,4-9,11H,3,10H2,1H3. The van der Waals surface area contributed by atoms with E-state index in [0.717, 1.165) is 22.6 Å². The fourth-order valence-corrected chi connectivity index (χ4v) is 3.59. The Bertz CT molecular complexity index is 908. The first-order valence-electron chi connectivity index (χ1n) is 7.40. The van der Waals surface area contributed by atoms with Crippen molar-refractivity contribution in [2.24, 2.45) is 0 Å². The smallest absolute Gasteiger partial charge is 0.215 e. The molecule has 4 rings (SSSR count). The van der Waals surface area contributed by atoms with E-state index in [2.05, 4.69) is 45.3 Å². The average molecular weight is 321 g/mol. The molecule has 0 atom stereocenters. The van der Waals surface area contributed by atoms with E-state index < -0.39 is 0 Å². The predicted molar refractivity (Wildman–Crippen MR) is 92.6 cm³/mol. The molecule has 1 aliphatic rings. The number of thioether (sulfide) groups is 1. The van der Waals surface area contributed by atoms with E-state index in [4.69, 9.17) is 4.74 Å². The van der Waals surface area contributed by atoms with Crippen molar-refractivity contribution >= 4 is 28.9 Å². The van der Waals surface area contributed by atoms with Gasteiger partial charge in [0.1, 0.15) is 11.4 Å². The molecule has 3 aromatic rings. The number of methoxy groups -OCH3 is 1. The Balaban J connectivity index is 1.59. The fraction of sp³-hybridized carbons (Fsp3) is 0.167. The van der Waals surface area contributed by atoms with Gasteiger partial charge in [-0.2, -0.15) is 4.98 Å². The monoisotopic (exact) mass is 321 g/mol. The third-order valence-electron chi connectivity index (χ3n) is 3.87. The Kier molecular flexibility index (Phi) is 3.71. The number of ether oxygens (including phenoxy) is 1. The molecule has 0 amide bonds. The Morgan fingerprint density at radius 2 is 2.13 bits per heavy atom. The van der Waals surface area contributed by atoms with Gasteiger partial charge in [0.05, 0.1) is 12.5 Å². The van der Waals surface area contributed by atoms with Crippen molar-refractivity contribution < 1.29 is 4.74 Å². The highest BCUT2D eigenvalue weighted by molar-refractivity contribution is 7.98. The van der Waals surface area contributed by atoms with E-state index in [-0.39, 0.29) is 0 Å². The molecule has 114 valence electrons. The molecule has 0 bridgehead atoms. The Labute approximate surface area is 138 Å². The zero-order chi connectivity index (χ0) is 15.6. The van der Waals surface area contributed by atoms with Crippen molar-refractivity contribution in [2.75, 3.05) is 7.11 Å². The van der Waals surface area contributed by atoms with Crippen LogP contribution in [0.1, 0.15) is 16.7 Å². The lowest BCUT2D eigenvalue weighted by Gasteiger charge is -2.07. The second kappa shape index (κ2) is 6.01. The van der Waals surface area contributed by atoms with Crippen molar-refractivity contribution in [1.82, 2.24) is 15.0 Å². The maximum Gasteiger partial charge on any atom is 0.215 e. The van der Waals surface area contributed by atoms with Crippen molar-refractivity contribution in [1.29, 1.82) is 0 Å². The Morgan fingerprint density at radius 1 is 1.17 bits per heavy atom. The minimum absolute atomic E-state index is 0.567. The molecule has 2 heterocycles. The fourth-order valence-electron chi connectivity index (χ4n) is 2.67. The summed E-state index contributed by atoms with van der Waals surface area (Å²) in [7, 11) is 1.60. The summed E-state index contributed by atoms with van der Waals surface area (Å²) in [5.41, 5.74) is 4.71. The Morgan fingerprint density at radius 3 is 3.04 bits per heavy atom. The number of benzene rings is 1. The lowest BCUT2D eigenvalue weighted by atomic mass is 10.1.